The predicted molar refractivity (Wildman–Crippen MR) is 127 cm³/mol. The van der Waals surface area contributed by atoms with Crippen LogP contribution in [0.4, 0.5) is 11.5 Å². The minimum absolute atomic E-state index is 0.0876. The Morgan fingerprint density at radius 1 is 1.25 bits per heavy atom. The van der Waals surface area contributed by atoms with Gasteiger partial charge in [0.1, 0.15) is 6.33 Å². The van der Waals surface area contributed by atoms with Gasteiger partial charge in [-0.15, -0.1) is 0 Å². The zero-order chi connectivity index (χ0) is 25.2. The van der Waals surface area contributed by atoms with Crippen LogP contribution < -0.4 is 24.7 Å². The van der Waals surface area contributed by atoms with E-state index in [-0.39, 0.29) is 36.0 Å². The molecule has 0 spiro atoms. The average molecular weight is 495 g/mol. The van der Waals surface area contributed by atoms with Crippen LogP contribution in [0.3, 0.4) is 0 Å². The van der Waals surface area contributed by atoms with E-state index >= 15 is 0 Å². The van der Waals surface area contributed by atoms with E-state index in [0.29, 0.717) is 60.4 Å². The van der Waals surface area contributed by atoms with Crippen LogP contribution in [0.1, 0.15) is 55.8 Å². The van der Waals surface area contributed by atoms with E-state index in [1.165, 1.54) is 6.33 Å². The first-order valence-corrected chi connectivity index (χ1v) is 11.5. The number of nitrogens with one attached hydrogen (secondary N) is 1. The number of ether oxygens (including phenoxy) is 2. The average Bonchev–Trinajstić information content (AvgIpc) is 3.56. The molecule has 3 aromatic rings. The molecule has 1 fully saturated rings. The molecule has 1 saturated heterocycles. The van der Waals surface area contributed by atoms with E-state index in [1.54, 1.807) is 18.2 Å². The van der Waals surface area contributed by atoms with Crippen LogP contribution >= 0.6 is 0 Å². The Hall–Kier alpha value is -4.42. The number of nitrogens with zero attached hydrogens (tertiary/aromatic N) is 6. The standard InChI is InChI=1S/C23H25N7O6/c1-13(2)20-26-22(35-28-20)15-6-8-29(9-7-15)21-19(30(31)32)23(25-11-24-21)36-27-14(3)16-4-5-17-18(10-16)34-12-33-17/h4-5,10-11,13,15,27H,3,6-9,12H2,1-2H3. The summed E-state index contributed by atoms with van der Waals surface area (Å²) in [7, 11) is 0. The number of rotatable bonds is 8. The van der Waals surface area contributed by atoms with E-state index in [2.05, 4.69) is 32.2 Å². The van der Waals surface area contributed by atoms with Crippen molar-refractivity contribution >= 4 is 17.2 Å². The van der Waals surface area contributed by atoms with Gasteiger partial charge >= 0.3 is 11.6 Å². The van der Waals surface area contributed by atoms with Crippen LogP contribution in [-0.2, 0) is 0 Å². The summed E-state index contributed by atoms with van der Waals surface area (Å²) in [5.41, 5.74) is 3.34. The minimum Gasteiger partial charge on any atom is -0.454 e. The van der Waals surface area contributed by atoms with Crippen LogP contribution in [0, 0.1) is 10.1 Å². The Bertz CT molecular complexity index is 1290. The molecule has 0 bridgehead atoms. The van der Waals surface area contributed by atoms with Crippen LogP contribution in [0.15, 0.2) is 35.6 Å². The second kappa shape index (κ2) is 9.68. The summed E-state index contributed by atoms with van der Waals surface area (Å²) in [5.74, 6) is 2.73. The van der Waals surface area contributed by atoms with Crippen molar-refractivity contribution in [2.45, 2.75) is 38.5 Å². The maximum absolute atomic E-state index is 12.0. The van der Waals surface area contributed by atoms with Crippen molar-refractivity contribution in [3.8, 4) is 17.4 Å². The van der Waals surface area contributed by atoms with Gasteiger partial charge in [-0.25, -0.2) is 10.5 Å². The molecule has 5 rings (SSSR count). The summed E-state index contributed by atoms with van der Waals surface area (Å²) < 4.78 is 16.1. The second-order valence-corrected chi connectivity index (χ2v) is 8.77. The van der Waals surface area contributed by atoms with Gasteiger partial charge in [-0.2, -0.15) is 9.97 Å². The number of fused-ring (bicyclic) bond motifs is 1. The molecule has 0 saturated carbocycles. The van der Waals surface area contributed by atoms with Gasteiger partial charge in [0, 0.05) is 30.5 Å². The van der Waals surface area contributed by atoms with Crippen LogP contribution in [0.25, 0.3) is 5.70 Å². The van der Waals surface area contributed by atoms with E-state index in [4.69, 9.17) is 18.8 Å². The third-order valence-corrected chi connectivity index (χ3v) is 6.06. The van der Waals surface area contributed by atoms with Gasteiger partial charge in [-0.05, 0) is 31.0 Å². The van der Waals surface area contributed by atoms with E-state index in [0.717, 1.165) is 0 Å². The van der Waals surface area contributed by atoms with E-state index in [9.17, 15) is 10.1 Å². The molecule has 2 aromatic heterocycles. The quantitative estimate of drug-likeness (QED) is 0.359. The number of hydrogen-bond acceptors (Lipinski definition) is 12. The topological polar surface area (TPSA) is 151 Å². The summed E-state index contributed by atoms with van der Waals surface area (Å²) in [5, 5.41) is 16.0. The molecule has 36 heavy (non-hydrogen) atoms. The third-order valence-electron chi connectivity index (χ3n) is 6.06. The van der Waals surface area contributed by atoms with Crippen LogP contribution in [0.2, 0.25) is 0 Å². The van der Waals surface area contributed by atoms with E-state index < -0.39 is 4.92 Å². The number of anilines is 1. The summed E-state index contributed by atoms with van der Waals surface area (Å²) in [6, 6.07) is 5.25. The summed E-state index contributed by atoms with van der Waals surface area (Å²) in [6.45, 7) is 9.14. The molecule has 13 heteroatoms. The van der Waals surface area contributed by atoms with E-state index in [1.807, 2.05) is 18.7 Å². The monoisotopic (exact) mass is 495 g/mol. The highest BCUT2D eigenvalue weighted by atomic mass is 16.7. The molecule has 188 valence electrons. The Balaban J connectivity index is 1.27. The number of nitro groups is 1. The first-order valence-electron chi connectivity index (χ1n) is 11.5. The Morgan fingerprint density at radius 2 is 2.03 bits per heavy atom. The molecule has 13 nitrogen and oxygen atoms in total. The molecular formula is C23H25N7O6. The fraction of sp³-hybridized carbons (Fsp3) is 0.391. The summed E-state index contributed by atoms with van der Waals surface area (Å²) >= 11 is 0. The molecule has 1 N–H and O–H groups in total. The normalized spacial score (nSPS) is 15.2. The van der Waals surface area contributed by atoms with Gasteiger partial charge in [-0.3, -0.25) is 10.1 Å². The molecule has 0 aliphatic carbocycles. The Kier molecular flexibility index (Phi) is 6.27. The van der Waals surface area contributed by atoms with Crippen molar-refractivity contribution in [3.63, 3.8) is 0 Å². The first-order chi connectivity index (χ1) is 17.4. The summed E-state index contributed by atoms with van der Waals surface area (Å²) in [4.78, 5) is 31.5. The molecule has 0 amide bonds. The van der Waals surface area contributed by atoms with Gasteiger partial charge in [0.2, 0.25) is 18.5 Å². The number of aromatic nitrogens is 4. The predicted octanol–water partition coefficient (Wildman–Crippen LogP) is 3.56. The first kappa shape index (κ1) is 23.3. The smallest absolute Gasteiger partial charge is 0.375 e. The lowest BCUT2D eigenvalue weighted by molar-refractivity contribution is -0.385. The highest BCUT2D eigenvalue weighted by Gasteiger charge is 2.33. The second-order valence-electron chi connectivity index (χ2n) is 8.77. The lowest BCUT2D eigenvalue weighted by atomic mass is 9.96. The molecule has 0 radical (unpaired) electrons. The molecular weight excluding hydrogens is 470 g/mol. The van der Waals surface area contributed by atoms with Gasteiger partial charge < -0.3 is 23.7 Å². The maximum Gasteiger partial charge on any atom is 0.375 e. The van der Waals surface area contributed by atoms with Crippen molar-refractivity contribution in [3.05, 3.63) is 58.5 Å². The van der Waals surface area contributed by atoms with Crippen molar-refractivity contribution in [2.24, 2.45) is 0 Å². The highest BCUT2D eigenvalue weighted by Crippen LogP contribution is 2.37. The maximum atomic E-state index is 12.0. The SMILES string of the molecule is C=C(NOc1ncnc(N2CCC(c3nc(C(C)C)no3)CC2)c1[N+](=O)[O-])c1ccc2c(c1)OCO2. The minimum atomic E-state index is -0.547. The fourth-order valence-electron chi connectivity index (χ4n) is 4.06. The molecule has 2 aliphatic rings. The van der Waals surface area contributed by atoms with Crippen LogP contribution in [0.5, 0.6) is 17.4 Å². The summed E-state index contributed by atoms with van der Waals surface area (Å²) in [6.07, 6.45) is 2.62. The molecule has 0 atom stereocenters. The number of hydroxylamine groups is 1. The van der Waals surface area contributed by atoms with Crippen LogP contribution in [-0.4, -0.2) is 44.9 Å². The molecule has 4 heterocycles. The Morgan fingerprint density at radius 3 is 2.75 bits per heavy atom. The third kappa shape index (κ3) is 4.59. The van der Waals surface area contributed by atoms with Gasteiger partial charge in [0.05, 0.1) is 10.6 Å². The Labute approximate surface area is 206 Å². The highest BCUT2D eigenvalue weighted by molar-refractivity contribution is 5.66. The zero-order valence-electron chi connectivity index (χ0n) is 19.8. The lowest BCUT2D eigenvalue weighted by Gasteiger charge is -2.30. The number of piperidine rings is 1. The molecule has 2 aliphatic heterocycles. The van der Waals surface area contributed by atoms with Gasteiger partial charge in [-0.1, -0.05) is 25.6 Å². The number of hydrogen-bond donors (Lipinski definition) is 1. The lowest BCUT2D eigenvalue weighted by Crippen LogP contribution is -2.34. The molecule has 1 aromatic carbocycles. The van der Waals surface area contributed by atoms with Crippen molar-refractivity contribution in [1.29, 1.82) is 0 Å². The zero-order valence-corrected chi connectivity index (χ0v) is 19.8. The fourth-order valence-corrected chi connectivity index (χ4v) is 4.06. The number of benzene rings is 1. The molecule has 0 unspecified atom stereocenters. The van der Waals surface area contributed by atoms with Crippen molar-refractivity contribution in [1.82, 2.24) is 25.6 Å². The van der Waals surface area contributed by atoms with Crippen molar-refractivity contribution in [2.75, 3.05) is 24.8 Å². The van der Waals surface area contributed by atoms with Gasteiger partial charge in [0.25, 0.3) is 0 Å². The van der Waals surface area contributed by atoms with Gasteiger partial charge in [0.15, 0.2) is 17.3 Å². The largest absolute Gasteiger partial charge is 0.454 e. The van der Waals surface area contributed by atoms with Crippen molar-refractivity contribution < 1.29 is 23.8 Å².